The van der Waals surface area contributed by atoms with Gasteiger partial charge in [-0.25, -0.2) is 4.79 Å². The maximum absolute atomic E-state index is 12.9. The molecule has 0 aliphatic heterocycles. The number of hydrogen-bond donors (Lipinski definition) is 3. The van der Waals surface area contributed by atoms with Gasteiger partial charge < -0.3 is 20.1 Å². The Hall–Kier alpha value is -2.60. The molecule has 0 spiro atoms. The topological polar surface area (TPSA) is 104 Å². The fraction of sp³-hybridized carbons (Fsp3) is 0.684. The Morgan fingerprint density at radius 2 is 1.68 bits per heavy atom. The van der Waals surface area contributed by atoms with Crippen molar-refractivity contribution in [3.8, 4) is 5.75 Å². The van der Waals surface area contributed by atoms with Gasteiger partial charge in [0, 0.05) is 6.08 Å². The number of aliphatic carboxylic acids is 1. The number of ether oxygens (including phenoxy) is 1. The van der Waals surface area contributed by atoms with E-state index in [0.29, 0.717) is 24.7 Å². The predicted molar refractivity (Wildman–Crippen MR) is 170 cm³/mol. The Bertz CT molecular complexity index is 1380. The first kappa shape index (κ1) is 31.4. The van der Waals surface area contributed by atoms with E-state index in [-0.39, 0.29) is 39.2 Å². The van der Waals surface area contributed by atoms with Gasteiger partial charge in [-0.3, -0.25) is 4.79 Å². The summed E-state index contributed by atoms with van der Waals surface area (Å²) in [6.07, 6.45) is 11.8. The number of carbonyl (C=O) groups excluding carboxylic acids is 1. The van der Waals surface area contributed by atoms with Crippen LogP contribution in [-0.2, 0) is 14.3 Å². The minimum Gasteiger partial charge on any atom is -0.508 e. The van der Waals surface area contributed by atoms with Crippen molar-refractivity contribution in [1.29, 1.82) is 0 Å². The van der Waals surface area contributed by atoms with E-state index in [4.69, 9.17) is 4.74 Å². The van der Waals surface area contributed by atoms with Crippen LogP contribution in [0.1, 0.15) is 105 Å². The molecule has 10 atom stereocenters. The van der Waals surface area contributed by atoms with Crippen LogP contribution in [0.3, 0.4) is 0 Å². The summed E-state index contributed by atoms with van der Waals surface area (Å²) in [5.41, 5.74) is 1.24. The van der Waals surface area contributed by atoms with Crippen molar-refractivity contribution in [3.05, 3.63) is 47.6 Å². The number of aromatic hydroxyl groups is 1. The molecule has 6 heteroatoms. The maximum Gasteiger partial charge on any atom is 0.331 e. The van der Waals surface area contributed by atoms with Gasteiger partial charge in [0.2, 0.25) is 0 Å². The highest BCUT2D eigenvalue weighted by atomic mass is 16.6. The van der Waals surface area contributed by atoms with Gasteiger partial charge in [0.05, 0.1) is 11.5 Å². The average molecular weight is 605 g/mol. The van der Waals surface area contributed by atoms with E-state index in [9.17, 15) is 24.9 Å². The lowest BCUT2D eigenvalue weighted by Crippen LogP contribution is -2.67. The predicted octanol–water partition coefficient (Wildman–Crippen LogP) is 7.78. The van der Waals surface area contributed by atoms with Crippen LogP contribution >= 0.6 is 0 Å². The summed E-state index contributed by atoms with van der Waals surface area (Å²) in [6.45, 7) is 14.3. The number of carboxylic acid groups (broad SMARTS) is 1. The van der Waals surface area contributed by atoms with Gasteiger partial charge in [0.25, 0.3) is 0 Å². The molecule has 0 bridgehead atoms. The quantitative estimate of drug-likeness (QED) is 0.184. The minimum absolute atomic E-state index is 0.0345. The molecule has 240 valence electrons. The SMILES string of the molecule is C[C@@H]1CCC2(C(=O)O)CC[C@]3(C)C(=CCC4C5(C)CC(O)C(OC(=O)/C=C/c6ccc(O)cc6)CC5C(C)(C)CC43C)C2C1. The Morgan fingerprint density at radius 3 is 2.36 bits per heavy atom. The van der Waals surface area contributed by atoms with E-state index in [1.807, 2.05) is 0 Å². The molecule has 1 aromatic carbocycles. The van der Waals surface area contributed by atoms with Crippen molar-refractivity contribution in [2.75, 3.05) is 0 Å². The molecular formula is C38H52O6. The average Bonchev–Trinajstić information content (AvgIpc) is 2.94. The van der Waals surface area contributed by atoms with Crippen molar-refractivity contribution in [2.24, 2.45) is 50.7 Å². The van der Waals surface area contributed by atoms with Crippen molar-refractivity contribution in [2.45, 2.75) is 112 Å². The molecule has 8 unspecified atom stereocenters. The van der Waals surface area contributed by atoms with Crippen molar-refractivity contribution in [3.63, 3.8) is 0 Å². The van der Waals surface area contributed by atoms with Crippen LogP contribution in [0.5, 0.6) is 5.75 Å². The summed E-state index contributed by atoms with van der Waals surface area (Å²) in [4.78, 5) is 25.7. The Morgan fingerprint density at radius 1 is 0.977 bits per heavy atom. The lowest BCUT2D eigenvalue weighted by molar-refractivity contribution is -0.230. The second-order valence-corrected chi connectivity index (χ2v) is 16.7. The smallest absolute Gasteiger partial charge is 0.331 e. The molecular weight excluding hydrogens is 552 g/mol. The summed E-state index contributed by atoms with van der Waals surface area (Å²) >= 11 is 0. The highest BCUT2D eigenvalue weighted by Gasteiger charge is 2.70. The third-order valence-electron chi connectivity index (χ3n) is 14.0. The molecule has 6 nitrogen and oxygen atoms in total. The monoisotopic (exact) mass is 604 g/mol. The summed E-state index contributed by atoms with van der Waals surface area (Å²) in [5.74, 6) is 0.358. The van der Waals surface area contributed by atoms with E-state index in [2.05, 4.69) is 47.6 Å². The number of fused-ring (bicyclic) bond motifs is 7. The number of carbonyl (C=O) groups is 2. The van der Waals surface area contributed by atoms with E-state index >= 15 is 0 Å². The normalized spacial score (nSPS) is 44.4. The first-order valence-corrected chi connectivity index (χ1v) is 16.9. The number of phenolic OH excluding ortho intramolecular Hbond substituents is 1. The third-order valence-corrected chi connectivity index (χ3v) is 14.0. The summed E-state index contributed by atoms with van der Waals surface area (Å²) in [5, 5.41) is 31.6. The van der Waals surface area contributed by atoms with Gasteiger partial charge in [-0.05, 0) is 127 Å². The molecule has 6 rings (SSSR count). The van der Waals surface area contributed by atoms with Crippen LogP contribution in [0.4, 0.5) is 0 Å². The summed E-state index contributed by atoms with van der Waals surface area (Å²) < 4.78 is 5.91. The van der Waals surface area contributed by atoms with Crippen molar-refractivity contribution >= 4 is 18.0 Å². The van der Waals surface area contributed by atoms with Gasteiger partial charge >= 0.3 is 11.9 Å². The number of rotatable bonds is 4. The maximum atomic E-state index is 12.9. The second-order valence-electron chi connectivity index (χ2n) is 16.7. The van der Waals surface area contributed by atoms with Crippen LogP contribution in [-0.4, -0.2) is 39.5 Å². The van der Waals surface area contributed by atoms with Crippen LogP contribution in [0.25, 0.3) is 6.08 Å². The number of aliphatic hydroxyl groups excluding tert-OH is 1. The highest BCUT2D eigenvalue weighted by molar-refractivity contribution is 5.87. The number of phenols is 1. The molecule has 0 saturated heterocycles. The van der Waals surface area contributed by atoms with E-state index in [0.717, 1.165) is 50.5 Å². The molecule has 0 radical (unpaired) electrons. The fourth-order valence-corrected chi connectivity index (χ4v) is 11.8. The molecule has 4 fully saturated rings. The lowest BCUT2D eigenvalue weighted by Gasteiger charge is -2.72. The van der Waals surface area contributed by atoms with Gasteiger partial charge in [0.1, 0.15) is 11.9 Å². The molecule has 44 heavy (non-hydrogen) atoms. The molecule has 0 amide bonds. The number of esters is 1. The molecule has 3 N–H and O–H groups in total. The molecule has 0 heterocycles. The first-order chi connectivity index (χ1) is 20.6. The Balaban J connectivity index is 1.28. The molecule has 0 aromatic heterocycles. The van der Waals surface area contributed by atoms with Gasteiger partial charge in [-0.2, -0.15) is 0 Å². The summed E-state index contributed by atoms with van der Waals surface area (Å²) in [7, 11) is 0. The Labute approximate surface area is 263 Å². The molecule has 1 aromatic rings. The number of benzene rings is 1. The van der Waals surface area contributed by atoms with Crippen molar-refractivity contribution < 1.29 is 29.6 Å². The number of aliphatic hydroxyl groups is 1. The van der Waals surface area contributed by atoms with Gasteiger partial charge in [0.15, 0.2) is 0 Å². The molecule has 5 aliphatic rings. The standard InChI is InChI=1S/C38H52O6/c1-23-15-16-38(33(42)43)18-17-36(5)26(27(38)19-23)12-13-30-35(4)21-28(40)29(20-31(35)34(2,3)22-37(30,36)6)44-32(41)14-9-24-7-10-25(39)11-8-24/h7-12,14,23,27-31,39-40H,13,15-22H2,1-6H3,(H,42,43)/b14-9+/t23-,27?,28?,29?,30?,31?,35?,36-,37?,38?/m1/s1. The van der Waals surface area contributed by atoms with E-state index in [1.165, 1.54) is 11.6 Å². The Kier molecular flexibility index (Phi) is 7.47. The van der Waals surface area contributed by atoms with Crippen LogP contribution in [0.15, 0.2) is 42.0 Å². The molecule has 5 aliphatic carbocycles. The summed E-state index contributed by atoms with van der Waals surface area (Å²) in [6, 6.07) is 6.61. The molecule has 4 saturated carbocycles. The number of allylic oxidation sites excluding steroid dienone is 2. The largest absolute Gasteiger partial charge is 0.508 e. The van der Waals surface area contributed by atoms with E-state index < -0.39 is 29.6 Å². The zero-order valence-corrected chi connectivity index (χ0v) is 27.4. The zero-order chi connectivity index (χ0) is 31.9. The van der Waals surface area contributed by atoms with Crippen LogP contribution < -0.4 is 0 Å². The number of carboxylic acids is 1. The lowest BCUT2D eigenvalue weighted by atomic mass is 9.32. The fourth-order valence-electron chi connectivity index (χ4n) is 11.8. The number of hydrogen-bond acceptors (Lipinski definition) is 5. The van der Waals surface area contributed by atoms with Crippen LogP contribution in [0, 0.1) is 50.7 Å². The minimum atomic E-state index is -0.746. The van der Waals surface area contributed by atoms with Gasteiger partial charge in [-0.15, -0.1) is 0 Å². The van der Waals surface area contributed by atoms with Gasteiger partial charge in [-0.1, -0.05) is 65.3 Å². The van der Waals surface area contributed by atoms with E-state index in [1.54, 1.807) is 30.3 Å². The van der Waals surface area contributed by atoms with Crippen molar-refractivity contribution in [1.82, 2.24) is 0 Å². The zero-order valence-electron chi connectivity index (χ0n) is 27.4. The highest BCUT2D eigenvalue weighted by Crippen LogP contribution is 2.76. The second kappa shape index (κ2) is 10.5. The van der Waals surface area contributed by atoms with Crippen LogP contribution in [0.2, 0.25) is 0 Å². The first-order valence-electron chi connectivity index (χ1n) is 16.9. The third kappa shape index (κ3) is 4.60.